The van der Waals surface area contributed by atoms with Gasteiger partial charge in [0, 0.05) is 5.69 Å². The molecule has 1 fully saturated rings. The molecule has 2 atom stereocenters. The van der Waals surface area contributed by atoms with Crippen LogP contribution >= 0.6 is 0 Å². The number of rotatable bonds is 4. The highest BCUT2D eigenvalue weighted by Gasteiger charge is 2.35. The van der Waals surface area contributed by atoms with Crippen LogP contribution in [-0.4, -0.2) is 25.7 Å². The lowest BCUT2D eigenvalue weighted by Gasteiger charge is -2.40. The summed E-state index contributed by atoms with van der Waals surface area (Å²) in [4.78, 5) is -0.0337. The van der Waals surface area contributed by atoms with E-state index in [1.165, 1.54) is 6.07 Å². The summed E-state index contributed by atoms with van der Waals surface area (Å²) < 4.78 is 23.4. The standard InChI is InChI=1S/C14H23N3O3S/c1-10-3-2-6-14(8-10,9-18)17-12-5-4-11(15)7-13(12)21(16,19)20/h4-5,7,10,17-18H,2-3,6,8-9,15H2,1H3,(H2,16,19,20). The summed E-state index contributed by atoms with van der Waals surface area (Å²) in [6, 6.07) is 4.56. The van der Waals surface area contributed by atoms with Gasteiger partial charge in [0.15, 0.2) is 0 Å². The molecule has 21 heavy (non-hydrogen) atoms. The Labute approximate surface area is 125 Å². The first-order valence-corrected chi connectivity index (χ1v) is 8.62. The Morgan fingerprint density at radius 3 is 2.76 bits per heavy atom. The lowest BCUT2D eigenvalue weighted by molar-refractivity contribution is 0.149. The van der Waals surface area contributed by atoms with Crippen LogP contribution < -0.4 is 16.2 Å². The Morgan fingerprint density at radius 1 is 1.48 bits per heavy atom. The lowest BCUT2D eigenvalue weighted by Crippen LogP contribution is -2.46. The number of nitrogen functional groups attached to an aromatic ring is 1. The average Bonchev–Trinajstić information content (AvgIpc) is 2.40. The van der Waals surface area contributed by atoms with Gasteiger partial charge in [-0.15, -0.1) is 0 Å². The van der Waals surface area contributed by atoms with Crippen LogP contribution in [-0.2, 0) is 10.0 Å². The van der Waals surface area contributed by atoms with E-state index >= 15 is 0 Å². The van der Waals surface area contributed by atoms with E-state index in [0.29, 0.717) is 17.3 Å². The molecule has 6 nitrogen and oxygen atoms in total. The number of aliphatic hydroxyl groups is 1. The number of anilines is 2. The SMILES string of the molecule is CC1CCCC(CO)(Nc2ccc(N)cc2S(N)(=O)=O)C1. The van der Waals surface area contributed by atoms with E-state index < -0.39 is 15.6 Å². The van der Waals surface area contributed by atoms with Gasteiger partial charge in [0.2, 0.25) is 10.0 Å². The van der Waals surface area contributed by atoms with Crippen LogP contribution in [0.3, 0.4) is 0 Å². The maximum absolute atomic E-state index is 11.7. The predicted molar refractivity (Wildman–Crippen MR) is 83.3 cm³/mol. The number of sulfonamides is 1. The largest absolute Gasteiger partial charge is 0.399 e. The highest BCUT2D eigenvalue weighted by molar-refractivity contribution is 7.89. The molecule has 0 amide bonds. The van der Waals surface area contributed by atoms with Crippen LogP contribution in [0.1, 0.15) is 32.6 Å². The van der Waals surface area contributed by atoms with Crippen molar-refractivity contribution in [2.45, 2.75) is 43.0 Å². The molecule has 1 aliphatic carbocycles. The fourth-order valence-electron chi connectivity index (χ4n) is 3.12. The molecule has 0 aromatic heterocycles. The predicted octanol–water partition coefficient (Wildman–Crippen LogP) is 1.27. The zero-order valence-corrected chi connectivity index (χ0v) is 13.0. The molecule has 0 saturated heterocycles. The van der Waals surface area contributed by atoms with Gasteiger partial charge in [-0.1, -0.05) is 19.8 Å². The van der Waals surface area contributed by atoms with E-state index in [2.05, 4.69) is 12.2 Å². The molecule has 0 heterocycles. The summed E-state index contributed by atoms with van der Waals surface area (Å²) in [5.41, 5.74) is 5.87. The van der Waals surface area contributed by atoms with E-state index in [4.69, 9.17) is 10.9 Å². The maximum Gasteiger partial charge on any atom is 0.240 e. The van der Waals surface area contributed by atoms with Crippen LogP contribution in [0.2, 0.25) is 0 Å². The molecule has 1 aromatic carbocycles. The monoisotopic (exact) mass is 313 g/mol. The van der Waals surface area contributed by atoms with E-state index in [1.54, 1.807) is 12.1 Å². The Balaban J connectivity index is 2.38. The number of nitrogens with one attached hydrogen (secondary N) is 1. The highest BCUT2D eigenvalue weighted by Crippen LogP contribution is 2.36. The second-order valence-electron chi connectivity index (χ2n) is 6.07. The van der Waals surface area contributed by atoms with Gasteiger partial charge in [0.05, 0.1) is 17.8 Å². The molecule has 0 aliphatic heterocycles. The number of hydrogen-bond acceptors (Lipinski definition) is 5. The Morgan fingerprint density at radius 2 is 2.19 bits per heavy atom. The molecule has 118 valence electrons. The molecule has 0 radical (unpaired) electrons. The van der Waals surface area contributed by atoms with Crippen LogP contribution in [0.15, 0.2) is 23.1 Å². The van der Waals surface area contributed by atoms with E-state index in [9.17, 15) is 13.5 Å². The van der Waals surface area contributed by atoms with Crippen molar-refractivity contribution in [3.05, 3.63) is 18.2 Å². The van der Waals surface area contributed by atoms with Crippen molar-refractivity contribution in [3.63, 3.8) is 0 Å². The fourth-order valence-corrected chi connectivity index (χ4v) is 3.85. The molecule has 0 bridgehead atoms. The van der Waals surface area contributed by atoms with Crippen molar-refractivity contribution in [1.82, 2.24) is 0 Å². The van der Waals surface area contributed by atoms with Gasteiger partial charge in [0.25, 0.3) is 0 Å². The van der Waals surface area contributed by atoms with E-state index in [0.717, 1.165) is 25.7 Å². The summed E-state index contributed by atoms with van der Waals surface area (Å²) in [7, 11) is -3.88. The summed E-state index contributed by atoms with van der Waals surface area (Å²) in [5, 5.41) is 18.3. The summed E-state index contributed by atoms with van der Waals surface area (Å²) in [5.74, 6) is 0.477. The van der Waals surface area contributed by atoms with Gasteiger partial charge in [-0.05, 0) is 37.0 Å². The van der Waals surface area contributed by atoms with Gasteiger partial charge >= 0.3 is 0 Å². The Bertz CT molecular complexity index is 618. The Hall–Kier alpha value is -1.31. The van der Waals surface area contributed by atoms with Crippen molar-refractivity contribution >= 4 is 21.4 Å². The molecule has 1 saturated carbocycles. The summed E-state index contributed by atoms with van der Waals surface area (Å²) in [6.45, 7) is 2.08. The number of hydrogen-bond donors (Lipinski definition) is 4. The molecule has 2 unspecified atom stereocenters. The molecular weight excluding hydrogens is 290 g/mol. The fraction of sp³-hybridized carbons (Fsp3) is 0.571. The first kappa shape index (κ1) is 16.1. The van der Waals surface area contributed by atoms with E-state index in [-0.39, 0.29) is 11.5 Å². The van der Waals surface area contributed by atoms with Crippen LogP contribution in [0.4, 0.5) is 11.4 Å². The molecule has 2 rings (SSSR count). The molecular formula is C14H23N3O3S. The normalized spacial score (nSPS) is 26.5. The average molecular weight is 313 g/mol. The third-order valence-electron chi connectivity index (χ3n) is 4.11. The number of nitrogens with two attached hydrogens (primary N) is 2. The molecule has 6 N–H and O–H groups in total. The van der Waals surface area contributed by atoms with Gasteiger partial charge in [0.1, 0.15) is 4.90 Å². The number of primary sulfonamides is 1. The quantitative estimate of drug-likeness (QED) is 0.624. The Kier molecular flexibility index (Phi) is 4.46. The topological polar surface area (TPSA) is 118 Å². The van der Waals surface area contributed by atoms with Crippen molar-refractivity contribution in [3.8, 4) is 0 Å². The highest BCUT2D eigenvalue weighted by atomic mass is 32.2. The van der Waals surface area contributed by atoms with Crippen LogP contribution in [0.5, 0.6) is 0 Å². The molecule has 1 aromatic rings. The van der Waals surface area contributed by atoms with Crippen LogP contribution in [0.25, 0.3) is 0 Å². The van der Waals surface area contributed by atoms with Crippen molar-refractivity contribution < 1.29 is 13.5 Å². The van der Waals surface area contributed by atoms with Gasteiger partial charge in [-0.2, -0.15) is 0 Å². The second kappa shape index (κ2) is 5.82. The first-order chi connectivity index (χ1) is 9.76. The minimum atomic E-state index is -3.88. The van der Waals surface area contributed by atoms with Crippen molar-refractivity contribution in [2.24, 2.45) is 11.1 Å². The summed E-state index contributed by atoms with van der Waals surface area (Å²) >= 11 is 0. The summed E-state index contributed by atoms with van der Waals surface area (Å²) in [6.07, 6.45) is 3.70. The molecule has 7 heteroatoms. The van der Waals surface area contributed by atoms with Gasteiger partial charge in [-0.3, -0.25) is 0 Å². The van der Waals surface area contributed by atoms with Gasteiger partial charge in [-0.25, -0.2) is 13.6 Å². The van der Waals surface area contributed by atoms with E-state index in [1.807, 2.05) is 0 Å². The van der Waals surface area contributed by atoms with Crippen molar-refractivity contribution in [2.75, 3.05) is 17.7 Å². The zero-order chi connectivity index (χ0) is 15.7. The lowest BCUT2D eigenvalue weighted by atomic mass is 9.76. The second-order valence-corrected chi connectivity index (χ2v) is 7.60. The molecule has 1 aliphatic rings. The third kappa shape index (κ3) is 3.66. The smallest absolute Gasteiger partial charge is 0.240 e. The van der Waals surface area contributed by atoms with Crippen molar-refractivity contribution in [1.29, 1.82) is 0 Å². The first-order valence-electron chi connectivity index (χ1n) is 7.07. The molecule has 0 spiro atoms. The number of aliphatic hydroxyl groups excluding tert-OH is 1. The van der Waals surface area contributed by atoms with Gasteiger partial charge < -0.3 is 16.2 Å². The zero-order valence-electron chi connectivity index (χ0n) is 12.2. The maximum atomic E-state index is 11.7. The minimum absolute atomic E-state index is 0.0337. The third-order valence-corrected chi connectivity index (χ3v) is 5.06. The number of benzene rings is 1. The van der Waals surface area contributed by atoms with Crippen LogP contribution in [0, 0.1) is 5.92 Å². The minimum Gasteiger partial charge on any atom is -0.399 e.